The highest BCUT2D eigenvalue weighted by Gasteiger charge is 2.23. The van der Waals surface area contributed by atoms with Crippen molar-refractivity contribution in [1.82, 2.24) is 14.4 Å². The number of hydrogen-bond acceptors (Lipinski definition) is 5. The van der Waals surface area contributed by atoms with Crippen molar-refractivity contribution in [2.75, 3.05) is 33.4 Å². The van der Waals surface area contributed by atoms with Gasteiger partial charge in [-0.15, -0.1) is 0 Å². The molecule has 2 aromatic heterocycles. The minimum Gasteiger partial charge on any atom is -0.484 e. The van der Waals surface area contributed by atoms with Crippen LogP contribution >= 0.6 is 0 Å². The fourth-order valence-corrected chi connectivity index (χ4v) is 3.39. The van der Waals surface area contributed by atoms with Gasteiger partial charge in [0.05, 0.1) is 25.9 Å². The Kier molecular flexibility index (Phi) is 9.14. The second-order valence-electron chi connectivity index (χ2n) is 7.70. The Balaban J connectivity index is 1.69. The van der Waals surface area contributed by atoms with E-state index in [2.05, 4.69) is 0 Å². The molecule has 2 amide bonds. The summed E-state index contributed by atoms with van der Waals surface area (Å²) in [5, 5.41) is 0. The first-order chi connectivity index (χ1) is 16.1. The van der Waals surface area contributed by atoms with Crippen LogP contribution in [0.5, 0.6) is 5.75 Å². The van der Waals surface area contributed by atoms with E-state index in [0.717, 1.165) is 5.69 Å². The number of furan rings is 1. The van der Waals surface area contributed by atoms with Gasteiger partial charge in [0, 0.05) is 39.2 Å². The van der Waals surface area contributed by atoms with E-state index in [-0.39, 0.29) is 25.0 Å². The van der Waals surface area contributed by atoms with E-state index in [1.165, 1.54) is 4.90 Å². The summed E-state index contributed by atoms with van der Waals surface area (Å²) in [5.74, 6) is 0.873. The molecule has 33 heavy (non-hydrogen) atoms. The Morgan fingerprint density at radius 3 is 2.45 bits per heavy atom. The van der Waals surface area contributed by atoms with Crippen LogP contribution < -0.4 is 4.74 Å². The van der Waals surface area contributed by atoms with Gasteiger partial charge in [-0.25, -0.2) is 0 Å². The molecule has 3 aromatic rings. The standard InChI is InChI=1S/C25H31N3O5/c1-26-13-6-9-21(26)17-28(18-23-12-7-16-32-23)24(29)19-27(14-8-15-31-2)25(30)20-33-22-10-4-3-5-11-22/h3-7,9-13,16H,8,14-15,17-20H2,1-2H3. The zero-order valence-electron chi connectivity index (χ0n) is 19.2. The van der Waals surface area contributed by atoms with Crippen molar-refractivity contribution in [2.24, 2.45) is 7.05 Å². The second kappa shape index (κ2) is 12.5. The number of carbonyl (C=O) groups excluding carboxylic acids is 2. The van der Waals surface area contributed by atoms with E-state index in [1.807, 2.05) is 54.2 Å². The molecule has 0 fully saturated rings. The van der Waals surface area contributed by atoms with Gasteiger partial charge in [-0.1, -0.05) is 18.2 Å². The zero-order chi connectivity index (χ0) is 23.5. The van der Waals surface area contributed by atoms with E-state index >= 15 is 0 Å². The number of para-hydroxylation sites is 1. The third-order valence-electron chi connectivity index (χ3n) is 5.24. The Hall–Kier alpha value is -3.52. The molecule has 8 heteroatoms. The number of benzene rings is 1. The molecule has 3 rings (SSSR count). The number of methoxy groups -OCH3 is 1. The maximum absolute atomic E-state index is 13.3. The topological polar surface area (TPSA) is 77.2 Å². The van der Waals surface area contributed by atoms with Gasteiger partial charge < -0.3 is 28.3 Å². The smallest absolute Gasteiger partial charge is 0.260 e. The first-order valence-corrected chi connectivity index (χ1v) is 10.9. The molecule has 0 unspecified atom stereocenters. The monoisotopic (exact) mass is 453 g/mol. The number of amides is 2. The zero-order valence-corrected chi connectivity index (χ0v) is 19.2. The van der Waals surface area contributed by atoms with E-state index < -0.39 is 0 Å². The van der Waals surface area contributed by atoms with Gasteiger partial charge in [-0.2, -0.15) is 0 Å². The maximum atomic E-state index is 13.3. The summed E-state index contributed by atoms with van der Waals surface area (Å²) in [6.45, 7) is 1.43. The van der Waals surface area contributed by atoms with Gasteiger partial charge in [-0.3, -0.25) is 9.59 Å². The van der Waals surface area contributed by atoms with Gasteiger partial charge in [0.1, 0.15) is 11.5 Å². The fourth-order valence-electron chi connectivity index (χ4n) is 3.39. The predicted octanol–water partition coefficient (Wildman–Crippen LogP) is 3.09. The van der Waals surface area contributed by atoms with Crippen LogP contribution in [0.2, 0.25) is 0 Å². The van der Waals surface area contributed by atoms with Crippen molar-refractivity contribution in [2.45, 2.75) is 19.5 Å². The number of ether oxygens (including phenoxy) is 2. The molecule has 0 aliphatic rings. The summed E-state index contributed by atoms with van der Waals surface area (Å²) >= 11 is 0. The number of rotatable bonds is 13. The number of aromatic nitrogens is 1. The molecule has 8 nitrogen and oxygen atoms in total. The van der Waals surface area contributed by atoms with Crippen LogP contribution in [0.1, 0.15) is 17.9 Å². The normalized spacial score (nSPS) is 10.7. The molecule has 0 saturated carbocycles. The number of hydrogen-bond donors (Lipinski definition) is 0. The lowest BCUT2D eigenvalue weighted by molar-refractivity contribution is -0.142. The molecular formula is C25H31N3O5. The largest absolute Gasteiger partial charge is 0.484 e. The van der Waals surface area contributed by atoms with E-state index in [1.54, 1.807) is 36.5 Å². The SMILES string of the molecule is COCCCN(CC(=O)N(Cc1ccco1)Cc1cccn1C)C(=O)COc1ccccc1. The lowest BCUT2D eigenvalue weighted by atomic mass is 10.3. The predicted molar refractivity (Wildman–Crippen MR) is 123 cm³/mol. The number of nitrogens with zero attached hydrogens (tertiary/aromatic N) is 3. The molecule has 0 aliphatic heterocycles. The van der Waals surface area contributed by atoms with Crippen LogP contribution in [0.4, 0.5) is 0 Å². The molecule has 0 saturated heterocycles. The average molecular weight is 454 g/mol. The van der Waals surface area contributed by atoms with Crippen molar-refractivity contribution >= 4 is 11.8 Å². The Labute approximate surface area is 194 Å². The maximum Gasteiger partial charge on any atom is 0.260 e. The Bertz CT molecular complexity index is 985. The fraction of sp³-hybridized carbons (Fsp3) is 0.360. The molecule has 2 heterocycles. The second-order valence-corrected chi connectivity index (χ2v) is 7.70. The van der Waals surface area contributed by atoms with Crippen LogP contribution in [0, 0.1) is 0 Å². The third-order valence-corrected chi connectivity index (χ3v) is 5.24. The van der Waals surface area contributed by atoms with Crippen molar-refractivity contribution < 1.29 is 23.5 Å². The lowest BCUT2D eigenvalue weighted by Gasteiger charge is -2.27. The van der Waals surface area contributed by atoms with Gasteiger partial charge in [0.15, 0.2) is 6.61 Å². The molecule has 176 valence electrons. The summed E-state index contributed by atoms with van der Waals surface area (Å²) < 4.78 is 18.2. The van der Waals surface area contributed by atoms with Gasteiger partial charge >= 0.3 is 0 Å². The molecule has 1 aromatic carbocycles. The van der Waals surface area contributed by atoms with Gasteiger partial charge in [-0.05, 0) is 42.8 Å². The third kappa shape index (κ3) is 7.54. The number of carbonyl (C=O) groups is 2. The van der Waals surface area contributed by atoms with Gasteiger partial charge in [0.2, 0.25) is 5.91 Å². The van der Waals surface area contributed by atoms with Crippen LogP contribution in [-0.2, 0) is 34.5 Å². The summed E-state index contributed by atoms with van der Waals surface area (Å²) in [6.07, 6.45) is 4.14. The first-order valence-electron chi connectivity index (χ1n) is 10.9. The quantitative estimate of drug-likeness (QED) is 0.372. The summed E-state index contributed by atoms with van der Waals surface area (Å²) in [7, 11) is 3.55. The molecule has 0 bridgehead atoms. The van der Waals surface area contributed by atoms with E-state index in [9.17, 15) is 9.59 Å². The van der Waals surface area contributed by atoms with Crippen molar-refractivity contribution in [3.05, 3.63) is 78.5 Å². The van der Waals surface area contributed by atoms with E-state index in [4.69, 9.17) is 13.9 Å². The highest BCUT2D eigenvalue weighted by Crippen LogP contribution is 2.13. The molecular weight excluding hydrogens is 422 g/mol. The average Bonchev–Trinajstić information content (AvgIpc) is 3.49. The lowest BCUT2D eigenvalue weighted by Crippen LogP contribution is -2.44. The van der Waals surface area contributed by atoms with Crippen molar-refractivity contribution in [3.8, 4) is 5.75 Å². The van der Waals surface area contributed by atoms with E-state index in [0.29, 0.717) is 44.2 Å². The number of aryl methyl sites for hydroxylation is 1. The highest BCUT2D eigenvalue weighted by molar-refractivity contribution is 5.85. The summed E-state index contributed by atoms with van der Waals surface area (Å²) in [4.78, 5) is 29.5. The minimum atomic E-state index is -0.250. The van der Waals surface area contributed by atoms with Crippen LogP contribution in [0.25, 0.3) is 0 Å². The van der Waals surface area contributed by atoms with Crippen molar-refractivity contribution in [1.29, 1.82) is 0 Å². The molecule has 0 N–H and O–H groups in total. The minimum absolute atomic E-state index is 0.0498. The van der Waals surface area contributed by atoms with Gasteiger partial charge in [0.25, 0.3) is 5.91 Å². The Morgan fingerprint density at radius 1 is 0.970 bits per heavy atom. The first kappa shape index (κ1) is 24.1. The van der Waals surface area contributed by atoms with Crippen LogP contribution in [0.15, 0.2) is 71.5 Å². The molecule has 0 atom stereocenters. The summed E-state index contributed by atoms with van der Waals surface area (Å²) in [5.41, 5.74) is 0.986. The summed E-state index contributed by atoms with van der Waals surface area (Å²) in [6, 6.07) is 16.7. The molecule has 0 radical (unpaired) electrons. The molecule has 0 spiro atoms. The Morgan fingerprint density at radius 2 is 1.79 bits per heavy atom. The highest BCUT2D eigenvalue weighted by atomic mass is 16.5. The van der Waals surface area contributed by atoms with Crippen LogP contribution in [0.3, 0.4) is 0 Å². The molecule has 0 aliphatic carbocycles. The van der Waals surface area contributed by atoms with Crippen molar-refractivity contribution in [3.63, 3.8) is 0 Å². The van der Waals surface area contributed by atoms with Crippen LogP contribution in [-0.4, -0.2) is 59.6 Å².